The number of hydrogen-bond acceptors (Lipinski definition) is 4. The first-order valence-corrected chi connectivity index (χ1v) is 6.63. The first-order chi connectivity index (χ1) is 9.80. The maximum Gasteiger partial charge on any atom is 0.408 e. The zero-order valence-corrected chi connectivity index (χ0v) is 12.0. The number of halogens is 1. The SMILES string of the molecule is CCOC(=O)NC1(Cl)C=CC=CC1CC(C(=O)O)C(=O)O. The molecular weight excluding hydrogens is 302 g/mol. The predicted octanol–water partition coefficient (Wildman–Crippen LogP) is 1.59. The minimum Gasteiger partial charge on any atom is -0.481 e. The Morgan fingerprint density at radius 3 is 2.48 bits per heavy atom. The van der Waals surface area contributed by atoms with Crippen molar-refractivity contribution in [1.82, 2.24) is 5.32 Å². The van der Waals surface area contributed by atoms with Crippen LogP contribution in [0.4, 0.5) is 4.79 Å². The fourth-order valence-electron chi connectivity index (χ4n) is 1.93. The fraction of sp³-hybridized carbons (Fsp3) is 0.462. The van der Waals surface area contributed by atoms with Crippen molar-refractivity contribution in [2.45, 2.75) is 18.3 Å². The van der Waals surface area contributed by atoms with Crippen molar-refractivity contribution in [3.8, 4) is 0 Å². The van der Waals surface area contributed by atoms with Gasteiger partial charge in [0.2, 0.25) is 0 Å². The van der Waals surface area contributed by atoms with Crippen LogP contribution in [0.1, 0.15) is 13.3 Å². The highest BCUT2D eigenvalue weighted by Crippen LogP contribution is 2.34. The minimum absolute atomic E-state index is 0.149. The third-order valence-electron chi connectivity index (χ3n) is 2.99. The number of rotatable bonds is 6. The van der Waals surface area contributed by atoms with Crippen LogP contribution in [0.2, 0.25) is 0 Å². The average molecular weight is 318 g/mol. The minimum atomic E-state index is -1.62. The number of allylic oxidation sites excluding steroid dienone is 2. The van der Waals surface area contributed by atoms with E-state index in [9.17, 15) is 14.4 Å². The van der Waals surface area contributed by atoms with Gasteiger partial charge in [0.15, 0.2) is 5.92 Å². The van der Waals surface area contributed by atoms with E-state index in [0.717, 1.165) is 0 Å². The second-order valence-electron chi connectivity index (χ2n) is 4.43. The molecule has 0 heterocycles. The summed E-state index contributed by atoms with van der Waals surface area (Å²) in [6, 6.07) is 0. The van der Waals surface area contributed by atoms with Crippen LogP contribution in [0.25, 0.3) is 0 Å². The largest absolute Gasteiger partial charge is 0.481 e. The van der Waals surface area contributed by atoms with Gasteiger partial charge in [-0.05, 0) is 19.4 Å². The quantitative estimate of drug-likeness (QED) is 0.389. The number of carbonyl (C=O) groups excluding carboxylic acids is 1. The van der Waals surface area contributed by atoms with Crippen molar-refractivity contribution in [3.63, 3.8) is 0 Å². The van der Waals surface area contributed by atoms with E-state index >= 15 is 0 Å². The Balaban J connectivity index is 2.89. The van der Waals surface area contributed by atoms with E-state index in [4.69, 9.17) is 26.6 Å². The molecule has 116 valence electrons. The predicted molar refractivity (Wildman–Crippen MR) is 73.9 cm³/mol. The van der Waals surface area contributed by atoms with Crippen LogP contribution < -0.4 is 5.32 Å². The smallest absolute Gasteiger partial charge is 0.408 e. The van der Waals surface area contributed by atoms with Gasteiger partial charge in [-0.1, -0.05) is 29.8 Å². The van der Waals surface area contributed by atoms with Crippen LogP contribution in [-0.2, 0) is 14.3 Å². The zero-order valence-electron chi connectivity index (χ0n) is 11.3. The summed E-state index contributed by atoms with van der Waals surface area (Å²) in [5, 5.41) is 20.3. The third-order valence-corrected chi connectivity index (χ3v) is 3.49. The van der Waals surface area contributed by atoms with E-state index < -0.39 is 34.9 Å². The summed E-state index contributed by atoms with van der Waals surface area (Å²) in [7, 11) is 0. The number of alkyl carbamates (subject to hydrolysis) is 1. The van der Waals surface area contributed by atoms with E-state index in [1.807, 2.05) is 0 Å². The molecule has 0 aromatic rings. The van der Waals surface area contributed by atoms with Gasteiger partial charge in [0.05, 0.1) is 6.61 Å². The summed E-state index contributed by atoms with van der Waals surface area (Å²) in [6.45, 7) is 1.77. The molecule has 0 bridgehead atoms. The monoisotopic (exact) mass is 317 g/mol. The Kier molecular flexibility index (Phi) is 5.78. The van der Waals surface area contributed by atoms with Gasteiger partial charge in [0.1, 0.15) is 5.00 Å². The van der Waals surface area contributed by atoms with Crippen molar-refractivity contribution < 1.29 is 29.3 Å². The van der Waals surface area contributed by atoms with Gasteiger partial charge in [-0.15, -0.1) is 0 Å². The van der Waals surface area contributed by atoms with Crippen LogP contribution in [0.15, 0.2) is 24.3 Å². The molecule has 2 atom stereocenters. The first kappa shape index (κ1) is 17.0. The standard InChI is InChI=1S/C13H16ClNO6/c1-2-21-12(20)15-13(14)6-4-3-5-8(13)7-9(10(16)17)11(18)19/h3-6,8-9H,2,7H2,1H3,(H,15,20)(H,16,17)(H,18,19). The topological polar surface area (TPSA) is 113 Å². The molecule has 0 spiro atoms. The van der Waals surface area contributed by atoms with Gasteiger partial charge >= 0.3 is 18.0 Å². The summed E-state index contributed by atoms with van der Waals surface area (Å²) in [5.74, 6) is -5.24. The highest BCUT2D eigenvalue weighted by Gasteiger charge is 2.40. The van der Waals surface area contributed by atoms with Gasteiger partial charge in [-0.2, -0.15) is 0 Å². The highest BCUT2D eigenvalue weighted by molar-refractivity contribution is 6.26. The molecule has 0 saturated carbocycles. The van der Waals surface area contributed by atoms with Gasteiger partial charge in [0.25, 0.3) is 0 Å². The molecule has 2 unspecified atom stereocenters. The van der Waals surface area contributed by atoms with Gasteiger partial charge < -0.3 is 14.9 Å². The number of aliphatic carboxylic acids is 2. The Morgan fingerprint density at radius 2 is 1.95 bits per heavy atom. The normalized spacial score (nSPS) is 23.9. The van der Waals surface area contributed by atoms with Crippen molar-refractivity contribution in [2.75, 3.05) is 6.61 Å². The van der Waals surface area contributed by atoms with E-state index in [1.54, 1.807) is 25.2 Å². The summed E-state index contributed by atoms with van der Waals surface area (Å²) in [6.07, 6.45) is 5.17. The van der Waals surface area contributed by atoms with Gasteiger partial charge in [0, 0.05) is 5.92 Å². The molecule has 3 N–H and O–H groups in total. The van der Waals surface area contributed by atoms with E-state index in [1.165, 1.54) is 6.08 Å². The van der Waals surface area contributed by atoms with Gasteiger partial charge in [-0.3, -0.25) is 14.9 Å². The van der Waals surface area contributed by atoms with Gasteiger partial charge in [-0.25, -0.2) is 4.79 Å². The average Bonchev–Trinajstić information content (AvgIpc) is 2.36. The second kappa shape index (κ2) is 7.12. The van der Waals surface area contributed by atoms with Crippen LogP contribution >= 0.6 is 11.6 Å². The summed E-state index contributed by atoms with van der Waals surface area (Å²) < 4.78 is 4.73. The lowest BCUT2D eigenvalue weighted by Gasteiger charge is -2.34. The number of hydrogen-bond donors (Lipinski definition) is 3. The van der Waals surface area contributed by atoms with Crippen LogP contribution in [0, 0.1) is 11.8 Å². The van der Waals surface area contributed by atoms with E-state index in [0.29, 0.717) is 0 Å². The molecule has 0 aromatic heterocycles. The Hall–Kier alpha value is -2.02. The molecule has 0 fully saturated rings. The van der Waals surface area contributed by atoms with Crippen LogP contribution in [-0.4, -0.2) is 39.8 Å². The van der Waals surface area contributed by atoms with Crippen molar-refractivity contribution in [1.29, 1.82) is 0 Å². The van der Waals surface area contributed by atoms with Crippen molar-refractivity contribution in [2.24, 2.45) is 11.8 Å². The van der Waals surface area contributed by atoms with Crippen molar-refractivity contribution >= 4 is 29.6 Å². The lowest BCUT2D eigenvalue weighted by Crippen LogP contribution is -2.49. The van der Waals surface area contributed by atoms with Crippen molar-refractivity contribution in [3.05, 3.63) is 24.3 Å². The molecule has 0 aliphatic heterocycles. The molecule has 0 aromatic carbocycles. The Labute approximate surface area is 126 Å². The third kappa shape index (κ3) is 4.49. The Morgan fingerprint density at radius 1 is 1.33 bits per heavy atom. The molecule has 21 heavy (non-hydrogen) atoms. The number of carboxylic acids is 2. The van der Waals surface area contributed by atoms with E-state index in [-0.39, 0.29) is 13.0 Å². The maximum absolute atomic E-state index is 11.5. The number of carbonyl (C=O) groups is 3. The van der Waals surface area contributed by atoms with E-state index in [2.05, 4.69) is 5.32 Å². The molecule has 0 saturated heterocycles. The summed E-state index contributed by atoms with van der Waals surface area (Å²) >= 11 is 6.29. The fourth-order valence-corrected chi connectivity index (χ4v) is 2.24. The summed E-state index contributed by atoms with van der Waals surface area (Å²) in [4.78, 5) is 32.0. The molecule has 0 radical (unpaired) electrons. The first-order valence-electron chi connectivity index (χ1n) is 6.25. The number of alkyl halides is 1. The number of ether oxygens (including phenoxy) is 1. The number of carboxylic acid groups (broad SMARTS) is 2. The second-order valence-corrected chi connectivity index (χ2v) is 5.05. The lowest BCUT2D eigenvalue weighted by atomic mass is 9.85. The van der Waals surface area contributed by atoms with Crippen LogP contribution in [0.3, 0.4) is 0 Å². The molecule has 8 heteroatoms. The summed E-state index contributed by atoms with van der Waals surface area (Å²) in [5.41, 5.74) is 0. The lowest BCUT2D eigenvalue weighted by molar-refractivity contribution is -0.155. The zero-order chi connectivity index (χ0) is 16.0. The maximum atomic E-state index is 11.5. The van der Waals surface area contributed by atoms with Crippen LogP contribution in [0.5, 0.6) is 0 Å². The number of amides is 1. The molecular formula is C13H16ClNO6. The molecule has 1 rings (SSSR count). The Bertz CT molecular complexity index is 475. The number of nitrogens with one attached hydrogen (secondary N) is 1. The highest BCUT2D eigenvalue weighted by atomic mass is 35.5. The molecule has 1 aliphatic carbocycles. The molecule has 7 nitrogen and oxygen atoms in total. The molecule has 1 amide bonds. The molecule has 1 aliphatic rings.